The molecule has 1 radical (unpaired) electrons. The van der Waals surface area contributed by atoms with Gasteiger partial charge in [-0.15, -0.1) is 0 Å². The molecule has 0 fully saturated rings. The molecule has 0 bridgehead atoms. The summed E-state index contributed by atoms with van der Waals surface area (Å²) in [7, 11) is -0.0753. The summed E-state index contributed by atoms with van der Waals surface area (Å²) in [6, 6.07) is 20.7. The van der Waals surface area contributed by atoms with Crippen molar-refractivity contribution in [1.82, 2.24) is 0 Å². The van der Waals surface area contributed by atoms with Gasteiger partial charge < -0.3 is 0 Å². The third kappa shape index (κ3) is 4.21. The summed E-state index contributed by atoms with van der Waals surface area (Å²) in [5, 5.41) is 0. The van der Waals surface area contributed by atoms with Gasteiger partial charge in [0.2, 0.25) is 0 Å². The molecular weight excluding hydrogens is 256 g/mol. The first-order valence-corrected chi connectivity index (χ1v) is 10.00. The first-order chi connectivity index (χ1) is 9.66. The van der Waals surface area contributed by atoms with Crippen molar-refractivity contribution in [3.05, 3.63) is 77.9 Å². The molecule has 0 N–H and O–H groups in total. The standard InChI is InChI=1S/C19H23Si/c1-16(18-9-5-4-6-10-18)19-13-11-17(12-14-19)8-7-15-20(2)3/h4-6,9-14H,1,7-8,15H2,2-3H3. The average molecular weight is 279 g/mol. The second-order valence-electron chi connectivity index (χ2n) is 5.60. The summed E-state index contributed by atoms with van der Waals surface area (Å²) in [4.78, 5) is 0. The van der Waals surface area contributed by atoms with E-state index in [1.165, 1.54) is 35.6 Å². The summed E-state index contributed by atoms with van der Waals surface area (Å²) in [5.41, 5.74) is 4.96. The Bertz CT molecular complexity index is 538. The molecule has 0 saturated carbocycles. The molecule has 20 heavy (non-hydrogen) atoms. The van der Waals surface area contributed by atoms with Crippen LogP contribution < -0.4 is 0 Å². The minimum absolute atomic E-state index is 0.0753. The van der Waals surface area contributed by atoms with E-state index in [9.17, 15) is 0 Å². The molecule has 0 amide bonds. The van der Waals surface area contributed by atoms with E-state index in [2.05, 4.69) is 68.2 Å². The number of rotatable bonds is 6. The van der Waals surface area contributed by atoms with Crippen LogP contribution in [-0.2, 0) is 6.42 Å². The van der Waals surface area contributed by atoms with Crippen molar-refractivity contribution in [2.75, 3.05) is 0 Å². The van der Waals surface area contributed by atoms with Gasteiger partial charge in [-0.05, 0) is 28.7 Å². The normalized spacial score (nSPS) is 10.8. The summed E-state index contributed by atoms with van der Waals surface area (Å²) in [5.74, 6) is 0. The number of hydrogen-bond acceptors (Lipinski definition) is 0. The second kappa shape index (κ2) is 7.25. The van der Waals surface area contributed by atoms with Crippen LogP contribution in [0.1, 0.15) is 23.1 Å². The molecule has 2 rings (SSSR count). The molecule has 0 aromatic heterocycles. The van der Waals surface area contributed by atoms with E-state index in [1.807, 2.05) is 6.07 Å². The van der Waals surface area contributed by atoms with E-state index in [-0.39, 0.29) is 8.80 Å². The topological polar surface area (TPSA) is 0 Å². The molecule has 0 atom stereocenters. The number of aryl methyl sites for hydroxylation is 1. The highest BCUT2D eigenvalue weighted by atomic mass is 28.3. The highest BCUT2D eigenvalue weighted by molar-refractivity contribution is 6.55. The van der Waals surface area contributed by atoms with Crippen LogP contribution in [0, 0.1) is 0 Å². The maximum atomic E-state index is 4.21. The lowest BCUT2D eigenvalue weighted by Crippen LogP contribution is -1.99. The predicted octanol–water partition coefficient (Wildman–Crippen LogP) is 5.44. The third-order valence-electron chi connectivity index (χ3n) is 3.57. The SMILES string of the molecule is C=C(c1ccccc1)c1ccc(CCC[Si](C)C)cc1. The Kier molecular flexibility index (Phi) is 5.37. The molecule has 1 heteroatoms. The molecule has 0 aliphatic carbocycles. The number of benzene rings is 2. The van der Waals surface area contributed by atoms with E-state index in [0.29, 0.717) is 0 Å². The zero-order chi connectivity index (χ0) is 14.4. The third-order valence-corrected chi connectivity index (χ3v) is 4.92. The fourth-order valence-electron chi connectivity index (χ4n) is 2.32. The minimum Gasteiger partial charge on any atom is -0.0906 e. The van der Waals surface area contributed by atoms with Gasteiger partial charge in [0, 0.05) is 8.80 Å². The molecule has 2 aromatic carbocycles. The molecular formula is C19H23Si. The van der Waals surface area contributed by atoms with Crippen LogP contribution in [0.5, 0.6) is 0 Å². The minimum atomic E-state index is -0.0753. The molecule has 0 nitrogen and oxygen atoms in total. The van der Waals surface area contributed by atoms with E-state index in [0.717, 1.165) is 5.57 Å². The van der Waals surface area contributed by atoms with Gasteiger partial charge in [-0.3, -0.25) is 0 Å². The quantitative estimate of drug-likeness (QED) is 0.618. The van der Waals surface area contributed by atoms with Crippen molar-refractivity contribution in [3.63, 3.8) is 0 Å². The van der Waals surface area contributed by atoms with Gasteiger partial charge in [-0.2, -0.15) is 0 Å². The van der Waals surface area contributed by atoms with E-state index < -0.39 is 0 Å². The summed E-state index contributed by atoms with van der Waals surface area (Å²) >= 11 is 0. The lowest BCUT2D eigenvalue weighted by Gasteiger charge is -2.08. The Morgan fingerprint density at radius 2 is 1.50 bits per heavy atom. The van der Waals surface area contributed by atoms with Crippen molar-refractivity contribution in [1.29, 1.82) is 0 Å². The van der Waals surface area contributed by atoms with Gasteiger partial charge in [0.15, 0.2) is 0 Å². The van der Waals surface area contributed by atoms with Crippen molar-refractivity contribution >= 4 is 14.4 Å². The molecule has 0 spiro atoms. The van der Waals surface area contributed by atoms with E-state index in [1.54, 1.807) is 0 Å². The van der Waals surface area contributed by atoms with Gasteiger partial charge in [-0.25, -0.2) is 0 Å². The van der Waals surface area contributed by atoms with Crippen molar-refractivity contribution in [3.8, 4) is 0 Å². The lowest BCUT2D eigenvalue weighted by molar-refractivity contribution is 0.909. The zero-order valence-corrected chi connectivity index (χ0v) is 13.5. The monoisotopic (exact) mass is 279 g/mol. The van der Waals surface area contributed by atoms with Crippen molar-refractivity contribution < 1.29 is 0 Å². The molecule has 0 aliphatic rings. The highest BCUT2D eigenvalue weighted by Gasteiger charge is 2.02. The number of hydrogen-bond donors (Lipinski definition) is 0. The fourth-order valence-corrected chi connectivity index (χ4v) is 3.21. The molecule has 0 saturated heterocycles. The van der Waals surface area contributed by atoms with Crippen LogP contribution in [0.2, 0.25) is 19.1 Å². The maximum Gasteiger partial charge on any atom is 0.0413 e. The Morgan fingerprint density at radius 3 is 2.10 bits per heavy atom. The van der Waals surface area contributed by atoms with Crippen molar-refractivity contribution in [2.24, 2.45) is 0 Å². The molecule has 0 unspecified atom stereocenters. The zero-order valence-electron chi connectivity index (χ0n) is 12.5. The van der Waals surface area contributed by atoms with Crippen LogP contribution in [0.3, 0.4) is 0 Å². The summed E-state index contributed by atoms with van der Waals surface area (Å²) in [6.45, 7) is 8.99. The van der Waals surface area contributed by atoms with Crippen LogP contribution >= 0.6 is 0 Å². The second-order valence-corrected chi connectivity index (χ2v) is 8.52. The lowest BCUT2D eigenvalue weighted by atomic mass is 9.98. The molecule has 0 aliphatic heterocycles. The van der Waals surface area contributed by atoms with Crippen LogP contribution in [0.15, 0.2) is 61.2 Å². The van der Waals surface area contributed by atoms with Gasteiger partial charge in [0.1, 0.15) is 0 Å². The van der Waals surface area contributed by atoms with E-state index in [4.69, 9.17) is 0 Å². The highest BCUT2D eigenvalue weighted by Crippen LogP contribution is 2.22. The van der Waals surface area contributed by atoms with Gasteiger partial charge in [0.05, 0.1) is 0 Å². The first-order valence-electron chi connectivity index (χ1n) is 7.29. The van der Waals surface area contributed by atoms with Crippen LogP contribution in [0.4, 0.5) is 0 Å². The Labute approximate surface area is 124 Å². The average Bonchev–Trinajstić information content (AvgIpc) is 2.48. The Hall–Kier alpha value is -1.60. The van der Waals surface area contributed by atoms with Gasteiger partial charge in [0.25, 0.3) is 0 Å². The molecule has 2 aromatic rings. The van der Waals surface area contributed by atoms with Gasteiger partial charge in [-0.1, -0.05) is 86.7 Å². The molecule has 0 heterocycles. The van der Waals surface area contributed by atoms with Crippen LogP contribution in [0.25, 0.3) is 5.57 Å². The first kappa shape index (κ1) is 14.8. The Morgan fingerprint density at radius 1 is 0.900 bits per heavy atom. The van der Waals surface area contributed by atoms with Gasteiger partial charge >= 0.3 is 0 Å². The maximum absolute atomic E-state index is 4.21. The van der Waals surface area contributed by atoms with Crippen molar-refractivity contribution in [2.45, 2.75) is 32.0 Å². The van der Waals surface area contributed by atoms with Crippen LogP contribution in [-0.4, -0.2) is 8.80 Å². The van der Waals surface area contributed by atoms with E-state index >= 15 is 0 Å². The Balaban J connectivity index is 1.99. The fraction of sp³-hybridized carbons (Fsp3) is 0.263. The largest absolute Gasteiger partial charge is 0.0906 e. The smallest absolute Gasteiger partial charge is 0.0413 e. The predicted molar refractivity (Wildman–Crippen MR) is 91.6 cm³/mol. The molecule has 103 valence electrons. The summed E-state index contributed by atoms with van der Waals surface area (Å²) < 4.78 is 0. The summed E-state index contributed by atoms with van der Waals surface area (Å²) in [6.07, 6.45) is 2.52.